The second-order valence-electron chi connectivity index (χ2n) is 4.36. The Labute approximate surface area is 120 Å². The summed E-state index contributed by atoms with van der Waals surface area (Å²) in [4.78, 5) is 10.8. The molecule has 0 fully saturated rings. The van der Waals surface area contributed by atoms with Gasteiger partial charge in [-0.15, -0.1) is 0 Å². The number of nitrogens with zero attached hydrogens (tertiary/aromatic N) is 2. The van der Waals surface area contributed by atoms with Crippen molar-refractivity contribution in [1.82, 2.24) is 9.78 Å². The minimum Gasteiger partial charge on any atom is -0.481 e. The summed E-state index contributed by atoms with van der Waals surface area (Å²) >= 11 is 3.44. The second-order valence-corrected chi connectivity index (χ2v) is 5.11. The lowest BCUT2D eigenvalue weighted by molar-refractivity contribution is -0.136. The molecular formula is C14H15BrN2O2. The first-order chi connectivity index (χ1) is 9.02. The van der Waals surface area contributed by atoms with Crippen LogP contribution in [-0.2, 0) is 17.6 Å². The molecule has 100 valence electrons. The molecule has 19 heavy (non-hydrogen) atoms. The van der Waals surface area contributed by atoms with Crippen molar-refractivity contribution >= 4 is 21.9 Å². The number of halogens is 1. The van der Waals surface area contributed by atoms with Crippen LogP contribution < -0.4 is 0 Å². The number of aliphatic carboxylic acids is 1. The highest BCUT2D eigenvalue weighted by Crippen LogP contribution is 2.24. The molecule has 0 aliphatic rings. The first-order valence-corrected chi connectivity index (χ1v) is 6.87. The quantitative estimate of drug-likeness (QED) is 0.940. The van der Waals surface area contributed by atoms with Gasteiger partial charge in [-0.3, -0.25) is 4.79 Å². The van der Waals surface area contributed by atoms with E-state index in [1.165, 1.54) is 5.56 Å². The third-order valence-electron chi connectivity index (χ3n) is 3.04. The van der Waals surface area contributed by atoms with E-state index in [4.69, 9.17) is 5.11 Å². The van der Waals surface area contributed by atoms with E-state index in [0.29, 0.717) is 10.2 Å². The highest BCUT2D eigenvalue weighted by molar-refractivity contribution is 9.10. The number of hydrogen-bond donors (Lipinski definition) is 1. The number of carboxylic acid groups (broad SMARTS) is 1. The SMILES string of the molecule is CCc1ccc(-n2nc(C)c(CC(=O)O)c2Br)cc1. The van der Waals surface area contributed by atoms with E-state index >= 15 is 0 Å². The summed E-state index contributed by atoms with van der Waals surface area (Å²) in [5, 5.41) is 13.3. The number of aromatic nitrogens is 2. The molecule has 1 N–H and O–H groups in total. The molecule has 2 aromatic rings. The zero-order valence-electron chi connectivity index (χ0n) is 10.9. The summed E-state index contributed by atoms with van der Waals surface area (Å²) in [6.45, 7) is 3.92. The van der Waals surface area contributed by atoms with E-state index in [9.17, 15) is 4.79 Å². The minimum atomic E-state index is -0.857. The van der Waals surface area contributed by atoms with E-state index in [-0.39, 0.29) is 6.42 Å². The largest absolute Gasteiger partial charge is 0.481 e. The lowest BCUT2D eigenvalue weighted by Crippen LogP contribution is -2.01. The van der Waals surface area contributed by atoms with Crippen molar-refractivity contribution in [2.24, 2.45) is 0 Å². The van der Waals surface area contributed by atoms with Gasteiger partial charge in [-0.2, -0.15) is 5.10 Å². The zero-order valence-corrected chi connectivity index (χ0v) is 12.4. The van der Waals surface area contributed by atoms with Crippen molar-refractivity contribution in [2.75, 3.05) is 0 Å². The van der Waals surface area contributed by atoms with Crippen molar-refractivity contribution in [1.29, 1.82) is 0 Å². The first kappa shape index (κ1) is 13.8. The molecule has 0 atom stereocenters. The predicted octanol–water partition coefficient (Wildman–Crippen LogP) is 3.13. The van der Waals surface area contributed by atoms with Gasteiger partial charge in [-0.1, -0.05) is 19.1 Å². The van der Waals surface area contributed by atoms with Crippen molar-refractivity contribution in [3.8, 4) is 5.69 Å². The number of rotatable bonds is 4. The fourth-order valence-corrected chi connectivity index (χ4v) is 2.64. The average molecular weight is 323 g/mol. The predicted molar refractivity (Wildman–Crippen MR) is 76.7 cm³/mol. The number of aryl methyl sites for hydroxylation is 2. The molecule has 5 heteroatoms. The monoisotopic (exact) mass is 322 g/mol. The Morgan fingerprint density at radius 1 is 1.37 bits per heavy atom. The van der Waals surface area contributed by atoms with Gasteiger partial charge in [0.15, 0.2) is 0 Å². The van der Waals surface area contributed by atoms with Crippen molar-refractivity contribution in [3.05, 3.63) is 45.7 Å². The molecule has 1 aromatic heterocycles. The summed E-state index contributed by atoms with van der Waals surface area (Å²) in [5.41, 5.74) is 3.62. The minimum absolute atomic E-state index is 0.0283. The van der Waals surface area contributed by atoms with Gasteiger partial charge in [0.1, 0.15) is 4.60 Å². The van der Waals surface area contributed by atoms with Gasteiger partial charge in [0, 0.05) is 5.56 Å². The van der Waals surface area contributed by atoms with Gasteiger partial charge in [-0.05, 0) is 47.0 Å². The van der Waals surface area contributed by atoms with Gasteiger partial charge in [0.2, 0.25) is 0 Å². The van der Waals surface area contributed by atoms with Crippen LogP contribution in [0.4, 0.5) is 0 Å². The van der Waals surface area contributed by atoms with E-state index in [1.807, 2.05) is 19.1 Å². The lowest BCUT2D eigenvalue weighted by Gasteiger charge is -2.04. The fraction of sp³-hybridized carbons (Fsp3) is 0.286. The Kier molecular flexibility index (Phi) is 4.04. The maximum atomic E-state index is 10.8. The van der Waals surface area contributed by atoms with Crippen LogP contribution in [0.25, 0.3) is 5.69 Å². The molecule has 0 spiro atoms. The Morgan fingerprint density at radius 3 is 2.53 bits per heavy atom. The summed E-state index contributed by atoms with van der Waals surface area (Å²) < 4.78 is 2.43. The zero-order chi connectivity index (χ0) is 14.0. The van der Waals surface area contributed by atoms with Gasteiger partial charge in [0.05, 0.1) is 17.8 Å². The van der Waals surface area contributed by atoms with E-state index in [1.54, 1.807) is 4.68 Å². The first-order valence-electron chi connectivity index (χ1n) is 6.08. The smallest absolute Gasteiger partial charge is 0.307 e. The normalized spacial score (nSPS) is 10.7. The Bertz CT molecular complexity index is 603. The molecule has 0 saturated heterocycles. The molecule has 0 saturated carbocycles. The topological polar surface area (TPSA) is 55.1 Å². The van der Waals surface area contributed by atoms with Crippen LogP contribution in [0.2, 0.25) is 0 Å². The molecule has 0 aliphatic heterocycles. The molecule has 0 radical (unpaired) electrons. The van der Waals surface area contributed by atoms with Crippen LogP contribution >= 0.6 is 15.9 Å². The molecule has 2 rings (SSSR count). The number of carbonyl (C=O) groups is 1. The maximum Gasteiger partial charge on any atom is 0.307 e. The molecular weight excluding hydrogens is 308 g/mol. The number of hydrogen-bond acceptors (Lipinski definition) is 2. The van der Waals surface area contributed by atoms with Crippen LogP contribution in [-0.4, -0.2) is 20.9 Å². The summed E-state index contributed by atoms with van der Waals surface area (Å²) in [6.07, 6.45) is 0.962. The van der Waals surface area contributed by atoms with Crippen LogP contribution in [0.5, 0.6) is 0 Å². The molecule has 1 aromatic carbocycles. The maximum absolute atomic E-state index is 10.8. The van der Waals surface area contributed by atoms with E-state index in [0.717, 1.165) is 17.8 Å². The average Bonchev–Trinajstić information content (AvgIpc) is 2.66. The molecule has 0 aliphatic carbocycles. The van der Waals surface area contributed by atoms with Gasteiger partial charge < -0.3 is 5.11 Å². The summed E-state index contributed by atoms with van der Waals surface area (Å²) in [5.74, 6) is -0.857. The molecule has 4 nitrogen and oxygen atoms in total. The van der Waals surface area contributed by atoms with Gasteiger partial charge in [0.25, 0.3) is 0 Å². The van der Waals surface area contributed by atoms with Crippen LogP contribution in [0.1, 0.15) is 23.7 Å². The fourth-order valence-electron chi connectivity index (χ4n) is 1.93. The standard InChI is InChI=1S/C14H15BrN2O2/c1-3-10-4-6-11(7-5-10)17-14(15)12(8-13(18)19)9(2)16-17/h4-7H,3,8H2,1-2H3,(H,18,19). The Morgan fingerprint density at radius 2 is 2.00 bits per heavy atom. The van der Waals surface area contributed by atoms with Crippen LogP contribution in [0, 0.1) is 6.92 Å². The van der Waals surface area contributed by atoms with Crippen LogP contribution in [0.15, 0.2) is 28.9 Å². The summed E-state index contributed by atoms with van der Waals surface area (Å²) in [6, 6.07) is 8.08. The Balaban J connectivity index is 2.42. The molecule has 0 unspecified atom stereocenters. The second kappa shape index (κ2) is 5.57. The van der Waals surface area contributed by atoms with Gasteiger partial charge in [-0.25, -0.2) is 4.68 Å². The van der Waals surface area contributed by atoms with Gasteiger partial charge >= 0.3 is 5.97 Å². The lowest BCUT2D eigenvalue weighted by atomic mass is 10.1. The van der Waals surface area contributed by atoms with Crippen molar-refractivity contribution in [3.63, 3.8) is 0 Å². The molecule has 0 amide bonds. The molecule has 0 bridgehead atoms. The summed E-state index contributed by atoms with van der Waals surface area (Å²) in [7, 11) is 0. The van der Waals surface area contributed by atoms with Crippen molar-refractivity contribution in [2.45, 2.75) is 26.7 Å². The van der Waals surface area contributed by atoms with E-state index in [2.05, 4.69) is 40.1 Å². The highest BCUT2D eigenvalue weighted by atomic mass is 79.9. The molecule has 1 heterocycles. The number of carboxylic acids is 1. The van der Waals surface area contributed by atoms with Crippen molar-refractivity contribution < 1.29 is 9.90 Å². The highest BCUT2D eigenvalue weighted by Gasteiger charge is 2.16. The third-order valence-corrected chi connectivity index (χ3v) is 3.85. The van der Waals surface area contributed by atoms with E-state index < -0.39 is 5.97 Å². The Hall–Kier alpha value is -1.62. The third kappa shape index (κ3) is 2.87. The number of benzene rings is 1. The van der Waals surface area contributed by atoms with Crippen LogP contribution in [0.3, 0.4) is 0 Å².